The van der Waals surface area contributed by atoms with Crippen LogP contribution in [0.2, 0.25) is 0 Å². The van der Waals surface area contributed by atoms with Gasteiger partial charge < -0.3 is 5.32 Å². The molecule has 0 aliphatic heterocycles. The molecule has 1 aliphatic rings. The van der Waals surface area contributed by atoms with Gasteiger partial charge >= 0.3 is 0 Å². The lowest BCUT2D eigenvalue weighted by molar-refractivity contribution is 0.417. The molecule has 112 valence electrons. The van der Waals surface area contributed by atoms with Crippen molar-refractivity contribution in [2.75, 3.05) is 0 Å². The molecule has 0 radical (unpaired) electrons. The highest BCUT2D eigenvalue weighted by Gasteiger charge is 2.24. The van der Waals surface area contributed by atoms with E-state index in [4.69, 9.17) is 0 Å². The third-order valence-corrected chi connectivity index (χ3v) is 6.40. The Bertz CT molecular complexity index is 647. The van der Waals surface area contributed by atoms with E-state index in [0.29, 0.717) is 12.1 Å². The van der Waals surface area contributed by atoms with Gasteiger partial charge in [0.25, 0.3) is 0 Å². The molecule has 21 heavy (non-hydrogen) atoms. The first kappa shape index (κ1) is 15.5. The van der Waals surface area contributed by atoms with Gasteiger partial charge in [-0.05, 0) is 85.4 Å². The zero-order valence-corrected chi connectivity index (χ0v) is 15.8. The molecule has 3 rings (SSSR count). The summed E-state index contributed by atoms with van der Waals surface area (Å²) in [6.07, 6.45) is 3.83. The molecule has 0 saturated carbocycles. The Morgan fingerprint density at radius 2 is 2.10 bits per heavy atom. The molecule has 1 aromatic carbocycles. The van der Waals surface area contributed by atoms with Gasteiger partial charge in [-0.3, -0.25) is 0 Å². The number of nitrogens with one attached hydrogen (secondary N) is 1. The molecule has 1 heterocycles. The highest BCUT2D eigenvalue weighted by molar-refractivity contribution is 14.1. The van der Waals surface area contributed by atoms with E-state index < -0.39 is 0 Å². The number of aryl methyl sites for hydroxylation is 3. The summed E-state index contributed by atoms with van der Waals surface area (Å²) in [5.41, 5.74) is 5.71. The monoisotopic (exact) mass is 411 g/mol. The third-order valence-electron chi connectivity index (χ3n) is 4.43. The minimum atomic E-state index is 0.402. The number of hydrogen-bond donors (Lipinski definition) is 1. The van der Waals surface area contributed by atoms with Gasteiger partial charge in [-0.15, -0.1) is 11.3 Å². The molecule has 0 fully saturated rings. The quantitative estimate of drug-likeness (QED) is 0.639. The van der Waals surface area contributed by atoms with E-state index in [2.05, 4.69) is 72.9 Å². The Labute approximate surface area is 145 Å². The minimum Gasteiger partial charge on any atom is -0.303 e. The van der Waals surface area contributed by atoms with E-state index in [-0.39, 0.29) is 0 Å². The molecule has 1 aromatic heterocycles. The highest BCUT2D eigenvalue weighted by Crippen LogP contribution is 2.37. The van der Waals surface area contributed by atoms with Gasteiger partial charge in [0.1, 0.15) is 0 Å². The summed E-state index contributed by atoms with van der Waals surface area (Å²) in [5.74, 6) is 0. The van der Waals surface area contributed by atoms with E-state index in [9.17, 15) is 0 Å². The van der Waals surface area contributed by atoms with Crippen molar-refractivity contribution in [3.63, 3.8) is 0 Å². The first-order valence-electron chi connectivity index (χ1n) is 7.66. The second kappa shape index (κ2) is 6.39. The summed E-state index contributed by atoms with van der Waals surface area (Å²) >= 11 is 4.42. The van der Waals surface area contributed by atoms with Gasteiger partial charge in [0, 0.05) is 17.0 Å². The van der Waals surface area contributed by atoms with Gasteiger partial charge in [0.15, 0.2) is 0 Å². The maximum absolute atomic E-state index is 3.87. The summed E-state index contributed by atoms with van der Waals surface area (Å²) in [5, 5.41) is 3.87. The summed E-state index contributed by atoms with van der Waals surface area (Å²) in [6.45, 7) is 6.68. The molecular weight excluding hydrogens is 389 g/mol. The predicted octanol–water partition coefficient (Wildman–Crippen LogP) is 5.70. The molecule has 1 N–H and O–H groups in total. The Morgan fingerprint density at radius 1 is 1.29 bits per heavy atom. The van der Waals surface area contributed by atoms with Crippen molar-refractivity contribution < 1.29 is 0 Å². The van der Waals surface area contributed by atoms with Crippen molar-refractivity contribution in [2.24, 2.45) is 0 Å². The number of thiophene rings is 1. The Morgan fingerprint density at radius 3 is 2.86 bits per heavy atom. The lowest BCUT2D eigenvalue weighted by Gasteiger charge is -2.28. The maximum Gasteiger partial charge on any atom is 0.0659 e. The van der Waals surface area contributed by atoms with Crippen molar-refractivity contribution >= 4 is 33.9 Å². The molecule has 0 amide bonds. The Hall–Kier alpha value is -0.390. The third kappa shape index (κ3) is 3.35. The standard InChI is InChI=1S/C18H22INS/c1-11-7-8-14(12(2)9-11)13(3)20-16-5-4-6-17-15(16)10-18(19)21-17/h7-10,13,16,20H,4-6H2,1-3H3. The van der Waals surface area contributed by atoms with E-state index in [1.54, 1.807) is 10.4 Å². The van der Waals surface area contributed by atoms with Crippen molar-refractivity contribution in [2.45, 2.75) is 52.1 Å². The second-order valence-electron chi connectivity index (χ2n) is 6.12. The first-order chi connectivity index (χ1) is 10.0. The van der Waals surface area contributed by atoms with E-state index in [1.807, 2.05) is 11.3 Å². The lowest BCUT2D eigenvalue weighted by atomic mass is 9.92. The predicted molar refractivity (Wildman–Crippen MR) is 100 cm³/mol. The van der Waals surface area contributed by atoms with Gasteiger partial charge in [0.05, 0.1) is 2.88 Å². The molecule has 0 saturated heterocycles. The smallest absolute Gasteiger partial charge is 0.0659 e. The number of fused-ring (bicyclic) bond motifs is 1. The molecule has 0 spiro atoms. The zero-order chi connectivity index (χ0) is 15.0. The molecule has 0 bridgehead atoms. The lowest BCUT2D eigenvalue weighted by Crippen LogP contribution is -2.27. The number of halogens is 1. The van der Waals surface area contributed by atoms with E-state index in [0.717, 1.165) is 0 Å². The minimum absolute atomic E-state index is 0.402. The van der Waals surface area contributed by atoms with Crippen LogP contribution < -0.4 is 5.32 Å². The fourth-order valence-electron chi connectivity index (χ4n) is 3.40. The molecular formula is C18H22INS. The fraction of sp³-hybridized carbons (Fsp3) is 0.444. The van der Waals surface area contributed by atoms with Crippen LogP contribution in [-0.4, -0.2) is 0 Å². The molecule has 1 aliphatic carbocycles. The highest BCUT2D eigenvalue weighted by atomic mass is 127. The van der Waals surface area contributed by atoms with Crippen molar-refractivity contribution in [1.82, 2.24) is 5.32 Å². The van der Waals surface area contributed by atoms with Crippen LogP contribution in [-0.2, 0) is 6.42 Å². The molecule has 2 atom stereocenters. The van der Waals surface area contributed by atoms with Crippen LogP contribution >= 0.6 is 33.9 Å². The number of benzene rings is 1. The normalized spacial score (nSPS) is 19.3. The van der Waals surface area contributed by atoms with Crippen LogP contribution in [0.15, 0.2) is 24.3 Å². The van der Waals surface area contributed by atoms with Crippen LogP contribution in [0.3, 0.4) is 0 Å². The largest absolute Gasteiger partial charge is 0.303 e. The van der Waals surface area contributed by atoms with Crippen molar-refractivity contribution in [3.05, 3.63) is 54.3 Å². The van der Waals surface area contributed by atoms with Gasteiger partial charge in [-0.1, -0.05) is 23.8 Å². The van der Waals surface area contributed by atoms with Crippen molar-refractivity contribution in [1.29, 1.82) is 0 Å². The Balaban J connectivity index is 1.80. The summed E-state index contributed by atoms with van der Waals surface area (Å²) in [7, 11) is 0. The van der Waals surface area contributed by atoms with E-state index in [1.165, 1.54) is 38.8 Å². The molecule has 2 unspecified atom stereocenters. The first-order valence-corrected chi connectivity index (χ1v) is 9.55. The van der Waals surface area contributed by atoms with Crippen molar-refractivity contribution in [3.8, 4) is 0 Å². The fourth-order valence-corrected chi connectivity index (χ4v) is 5.52. The number of rotatable bonds is 3. The second-order valence-corrected chi connectivity index (χ2v) is 9.15. The topological polar surface area (TPSA) is 12.0 Å². The zero-order valence-electron chi connectivity index (χ0n) is 12.9. The average Bonchev–Trinajstić information content (AvgIpc) is 2.80. The maximum atomic E-state index is 3.87. The molecule has 3 heteroatoms. The van der Waals surface area contributed by atoms with Crippen LogP contribution in [0.4, 0.5) is 0 Å². The summed E-state index contributed by atoms with van der Waals surface area (Å²) < 4.78 is 1.42. The van der Waals surface area contributed by atoms with Crippen LogP contribution in [0.1, 0.15) is 59.0 Å². The van der Waals surface area contributed by atoms with Gasteiger partial charge in [-0.25, -0.2) is 0 Å². The van der Waals surface area contributed by atoms with E-state index >= 15 is 0 Å². The van der Waals surface area contributed by atoms with Gasteiger partial charge in [-0.2, -0.15) is 0 Å². The van der Waals surface area contributed by atoms with Crippen LogP contribution in [0.25, 0.3) is 0 Å². The van der Waals surface area contributed by atoms with Crippen LogP contribution in [0, 0.1) is 16.7 Å². The summed E-state index contributed by atoms with van der Waals surface area (Å²) in [4.78, 5) is 1.59. The summed E-state index contributed by atoms with van der Waals surface area (Å²) in [6, 6.07) is 10.1. The number of hydrogen-bond acceptors (Lipinski definition) is 2. The Kier molecular flexibility index (Phi) is 4.71. The van der Waals surface area contributed by atoms with Gasteiger partial charge in [0.2, 0.25) is 0 Å². The molecule has 1 nitrogen and oxygen atoms in total. The molecule has 2 aromatic rings. The average molecular weight is 411 g/mol. The SMILES string of the molecule is Cc1ccc(C(C)NC2CCCc3sc(I)cc32)c(C)c1. The van der Waals surface area contributed by atoms with Crippen LogP contribution in [0.5, 0.6) is 0 Å².